The molecule has 0 amide bonds. The van der Waals surface area contributed by atoms with Crippen molar-refractivity contribution in [1.82, 2.24) is 0 Å². The number of nitrogens with zero attached hydrogens (tertiary/aromatic N) is 1. The van der Waals surface area contributed by atoms with Crippen LogP contribution in [-0.2, 0) is 14.7 Å². The summed E-state index contributed by atoms with van der Waals surface area (Å²) in [6.45, 7) is 3.56. The van der Waals surface area contributed by atoms with Crippen LogP contribution in [0.4, 0.5) is 0 Å². The Morgan fingerprint density at radius 3 is 1.67 bits per heavy atom. The van der Waals surface area contributed by atoms with E-state index >= 15 is 0 Å². The quantitative estimate of drug-likeness (QED) is 0.215. The largest absolute Gasteiger partial charge is 1.00 e. The molecule has 11 heteroatoms. The second-order valence-electron chi connectivity index (χ2n) is 3.77. The molecule has 0 aliphatic heterocycles. The van der Waals surface area contributed by atoms with E-state index in [0.29, 0.717) is 6.42 Å². The van der Waals surface area contributed by atoms with Gasteiger partial charge in [0.25, 0.3) is 0 Å². The number of nitriles is 1. The van der Waals surface area contributed by atoms with Crippen molar-refractivity contribution in [1.29, 1.82) is 5.26 Å². The monoisotopic (exact) mass is 355 g/mol. The average Bonchev–Trinajstić information content (AvgIpc) is 2.20. The molecule has 0 aromatic rings. The van der Waals surface area contributed by atoms with Gasteiger partial charge in [0.15, 0.2) is 0 Å². The molecular weight excluding hydrogens is 332 g/mol. The molecule has 3 N–H and O–H groups in total. The Labute approximate surface area is 148 Å². The third kappa shape index (κ3) is 77.7. The fourth-order valence-electron chi connectivity index (χ4n) is 1.06. The second-order valence-corrected chi connectivity index (χ2v) is 6.32. The number of hydrogen-bond acceptors (Lipinski definition) is 5. The van der Waals surface area contributed by atoms with Crippen molar-refractivity contribution >= 4 is 17.9 Å². The van der Waals surface area contributed by atoms with E-state index in [1.54, 1.807) is 6.07 Å². The van der Waals surface area contributed by atoms with Crippen molar-refractivity contribution in [2.24, 2.45) is 0 Å². The van der Waals surface area contributed by atoms with Crippen molar-refractivity contribution in [3.8, 4) is 6.07 Å². The Hall–Kier alpha value is 0.510. The summed E-state index contributed by atoms with van der Waals surface area (Å²) in [6.07, 6.45) is 5.96. The fourth-order valence-corrected chi connectivity index (χ4v) is 1.62. The summed E-state index contributed by atoms with van der Waals surface area (Å²) in [5.41, 5.74) is 0. The molecule has 0 aliphatic carbocycles. The van der Waals surface area contributed by atoms with E-state index in [2.05, 4.69) is 6.92 Å². The summed E-state index contributed by atoms with van der Waals surface area (Å²) in [7, 11) is -8.61. The zero-order valence-electron chi connectivity index (χ0n) is 12.7. The summed E-state index contributed by atoms with van der Waals surface area (Å²) in [5, 5.41) is 7.32. The average molecular weight is 355 g/mol. The van der Waals surface area contributed by atoms with Gasteiger partial charge in [-0.1, -0.05) is 39.0 Å². The molecule has 0 aromatic carbocycles. The molecule has 0 unspecified atom stereocenters. The molecule has 21 heavy (non-hydrogen) atoms. The maximum absolute atomic E-state index is 10.2. The van der Waals surface area contributed by atoms with Gasteiger partial charge in [0.05, 0.1) is 16.2 Å². The standard InChI is InChI=1S/C8H18O3S.C2H3N.Na.H3O4P/c1-2-3-4-5-6-7-8-12(9,10)11;1-2-3;;1-5(2,3)4/h2-8H2,1H3,(H,9,10,11);1H3;;(H3,1,2,3,4)/q;;+1;/p-1. The zero-order chi connectivity index (χ0) is 16.7. The molecule has 0 saturated carbocycles. The molecule has 0 spiro atoms. The van der Waals surface area contributed by atoms with Gasteiger partial charge < -0.3 is 19.2 Å². The van der Waals surface area contributed by atoms with E-state index in [1.165, 1.54) is 19.8 Å². The first-order chi connectivity index (χ1) is 8.97. The molecule has 0 saturated heterocycles. The summed E-state index contributed by atoms with van der Waals surface area (Å²) in [6, 6.07) is 1.75. The number of phosphoric acid groups is 1. The van der Waals surface area contributed by atoms with Gasteiger partial charge >= 0.3 is 37.4 Å². The Morgan fingerprint density at radius 1 is 1.10 bits per heavy atom. The van der Waals surface area contributed by atoms with Gasteiger partial charge in [0, 0.05) is 12.7 Å². The zero-order valence-corrected chi connectivity index (χ0v) is 16.4. The Kier molecular flexibility index (Phi) is 26.1. The minimum atomic E-state index is -4.64. The van der Waals surface area contributed by atoms with E-state index in [9.17, 15) is 13.0 Å². The van der Waals surface area contributed by atoms with E-state index in [-0.39, 0.29) is 35.3 Å². The van der Waals surface area contributed by atoms with Gasteiger partial charge in [-0.25, -0.2) is 13.0 Å². The summed E-state index contributed by atoms with van der Waals surface area (Å²) in [4.78, 5) is 21.6. The van der Waals surface area contributed by atoms with Crippen molar-refractivity contribution in [3.63, 3.8) is 0 Å². The third-order valence-corrected chi connectivity index (χ3v) is 2.54. The first-order valence-electron chi connectivity index (χ1n) is 6.00. The Morgan fingerprint density at radius 2 is 1.38 bits per heavy atom. The minimum Gasteiger partial charge on any atom is -0.748 e. The molecule has 0 fully saturated rings. The first-order valence-corrected chi connectivity index (χ1v) is 9.14. The number of unbranched alkanes of at least 4 members (excludes halogenated alkanes) is 5. The topological polar surface area (TPSA) is 159 Å². The van der Waals surface area contributed by atoms with Crippen molar-refractivity contribution < 1.29 is 61.8 Å². The molecule has 0 atom stereocenters. The van der Waals surface area contributed by atoms with Gasteiger partial charge in [-0.3, -0.25) is 0 Å². The predicted octanol–water partition coefficient (Wildman–Crippen LogP) is -1.50. The molecular formula is C10H23NNaO7PS. The van der Waals surface area contributed by atoms with Gasteiger partial charge in [-0.05, 0) is 6.42 Å². The molecule has 0 rings (SSSR count). The fraction of sp³-hybridized carbons (Fsp3) is 0.900. The predicted molar refractivity (Wildman–Crippen MR) is 73.5 cm³/mol. The maximum Gasteiger partial charge on any atom is 1.00 e. The van der Waals surface area contributed by atoms with E-state index in [0.717, 1.165) is 19.3 Å². The van der Waals surface area contributed by atoms with E-state index in [1.807, 2.05) is 0 Å². The second kappa shape index (κ2) is 18.6. The van der Waals surface area contributed by atoms with Gasteiger partial charge in [-0.2, -0.15) is 5.26 Å². The van der Waals surface area contributed by atoms with Crippen LogP contribution < -0.4 is 29.6 Å². The summed E-state index contributed by atoms with van der Waals surface area (Å²) >= 11 is 0. The molecule has 0 radical (unpaired) electrons. The van der Waals surface area contributed by atoms with Crippen LogP contribution in [0.5, 0.6) is 0 Å². The number of hydrogen-bond donors (Lipinski definition) is 3. The van der Waals surface area contributed by atoms with E-state index in [4.69, 9.17) is 24.5 Å². The van der Waals surface area contributed by atoms with Crippen molar-refractivity contribution in [2.75, 3.05) is 5.75 Å². The van der Waals surface area contributed by atoms with Crippen LogP contribution in [0.15, 0.2) is 0 Å². The molecule has 0 aromatic heterocycles. The van der Waals surface area contributed by atoms with Crippen LogP contribution in [0.25, 0.3) is 0 Å². The van der Waals surface area contributed by atoms with Crippen LogP contribution in [0.1, 0.15) is 52.4 Å². The first kappa shape index (κ1) is 29.5. The van der Waals surface area contributed by atoms with Crippen LogP contribution >= 0.6 is 7.82 Å². The summed E-state index contributed by atoms with van der Waals surface area (Å²) < 4.78 is 39.4. The normalized spacial score (nSPS) is 9.95. The van der Waals surface area contributed by atoms with Crippen molar-refractivity contribution in [3.05, 3.63) is 0 Å². The van der Waals surface area contributed by atoms with Crippen LogP contribution in [-0.4, -0.2) is 33.4 Å². The molecule has 0 heterocycles. The van der Waals surface area contributed by atoms with Gasteiger partial charge in [0.2, 0.25) is 0 Å². The number of rotatable bonds is 7. The smallest absolute Gasteiger partial charge is 0.748 e. The van der Waals surface area contributed by atoms with E-state index < -0.39 is 17.9 Å². The third-order valence-electron chi connectivity index (χ3n) is 1.75. The SMILES string of the molecule is CC#N.CCCCCCCCS(=O)(=O)[O-].O=P(O)(O)O.[Na+]. The molecule has 122 valence electrons. The van der Waals surface area contributed by atoms with Gasteiger partial charge in [0.1, 0.15) is 0 Å². The van der Waals surface area contributed by atoms with Gasteiger partial charge in [-0.15, -0.1) is 0 Å². The molecule has 0 aliphatic rings. The van der Waals surface area contributed by atoms with Crippen molar-refractivity contribution in [2.45, 2.75) is 52.4 Å². The van der Waals surface area contributed by atoms with Crippen LogP contribution in [0.2, 0.25) is 0 Å². The maximum atomic E-state index is 10.2. The van der Waals surface area contributed by atoms with Crippen LogP contribution in [0, 0.1) is 11.3 Å². The minimum absolute atomic E-state index is 0. The van der Waals surface area contributed by atoms with Crippen LogP contribution in [0.3, 0.4) is 0 Å². The molecule has 8 nitrogen and oxygen atoms in total. The Balaban J connectivity index is -0.000000135. The molecule has 0 bridgehead atoms. The summed E-state index contributed by atoms with van der Waals surface area (Å²) in [5.74, 6) is -0.195. The Bertz CT molecular complexity index is 382.